The standard InChI is InChI=1S/C24H32N2O2.ClH/c1-24(2,3)21-9-11-22(12-10-21)28-17-18-5-7-20(8-6-18)23(27)26-14-13-19(16-26)15-25-4;/h5-12,19,25H,13-17H2,1-4H3;1H. The van der Waals surface area contributed by atoms with E-state index in [1.165, 1.54) is 5.56 Å². The van der Waals surface area contributed by atoms with Gasteiger partial charge in [0.05, 0.1) is 0 Å². The lowest BCUT2D eigenvalue weighted by Gasteiger charge is -2.19. The molecule has 0 aliphatic carbocycles. The van der Waals surface area contributed by atoms with Crippen molar-refractivity contribution in [1.29, 1.82) is 0 Å². The van der Waals surface area contributed by atoms with Crippen LogP contribution in [-0.2, 0) is 12.0 Å². The van der Waals surface area contributed by atoms with Crippen molar-refractivity contribution in [3.8, 4) is 5.75 Å². The topological polar surface area (TPSA) is 41.6 Å². The summed E-state index contributed by atoms with van der Waals surface area (Å²) in [6.45, 7) is 9.77. The van der Waals surface area contributed by atoms with Gasteiger partial charge in [-0.3, -0.25) is 4.79 Å². The van der Waals surface area contributed by atoms with Gasteiger partial charge in [0.25, 0.3) is 5.91 Å². The zero-order valence-corrected chi connectivity index (χ0v) is 18.7. The van der Waals surface area contributed by atoms with E-state index in [4.69, 9.17) is 4.74 Å². The molecule has 3 rings (SSSR count). The summed E-state index contributed by atoms with van der Waals surface area (Å²) in [6.07, 6.45) is 1.08. The zero-order chi connectivity index (χ0) is 20.1. The fourth-order valence-electron chi connectivity index (χ4n) is 3.62. The monoisotopic (exact) mass is 416 g/mol. The van der Waals surface area contributed by atoms with Gasteiger partial charge in [-0.05, 0) is 66.7 Å². The van der Waals surface area contributed by atoms with Crippen LogP contribution in [0.3, 0.4) is 0 Å². The molecule has 0 bridgehead atoms. The van der Waals surface area contributed by atoms with Gasteiger partial charge in [0.15, 0.2) is 0 Å². The number of benzene rings is 2. The van der Waals surface area contributed by atoms with E-state index in [0.717, 1.165) is 42.9 Å². The zero-order valence-electron chi connectivity index (χ0n) is 17.9. The predicted molar refractivity (Wildman–Crippen MR) is 121 cm³/mol. The maximum Gasteiger partial charge on any atom is 0.253 e. The molecule has 1 aliphatic heterocycles. The van der Waals surface area contributed by atoms with E-state index in [1.54, 1.807) is 0 Å². The van der Waals surface area contributed by atoms with E-state index in [-0.39, 0.29) is 23.7 Å². The number of hydrogen-bond donors (Lipinski definition) is 1. The van der Waals surface area contributed by atoms with Crippen LogP contribution >= 0.6 is 12.4 Å². The smallest absolute Gasteiger partial charge is 0.253 e. The van der Waals surface area contributed by atoms with Crippen molar-refractivity contribution in [1.82, 2.24) is 10.2 Å². The Kier molecular flexibility index (Phi) is 8.12. The van der Waals surface area contributed by atoms with Crippen LogP contribution in [0.1, 0.15) is 48.7 Å². The molecular weight excluding hydrogens is 384 g/mol. The van der Waals surface area contributed by atoms with Crippen LogP contribution in [0.4, 0.5) is 0 Å². The van der Waals surface area contributed by atoms with Gasteiger partial charge in [0.1, 0.15) is 12.4 Å². The number of likely N-dealkylation sites (tertiary alicyclic amines) is 1. The Hall–Kier alpha value is -2.04. The molecule has 1 aliphatic rings. The molecule has 1 fully saturated rings. The average molecular weight is 417 g/mol. The van der Waals surface area contributed by atoms with Crippen LogP contribution < -0.4 is 10.1 Å². The number of hydrogen-bond acceptors (Lipinski definition) is 3. The van der Waals surface area contributed by atoms with E-state index in [1.807, 2.05) is 48.3 Å². The maximum atomic E-state index is 12.7. The summed E-state index contributed by atoms with van der Waals surface area (Å²) < 4.78 is 5.90. The minimum Gasteiger partial charge on any atom is -0.489 e. The molecule has 4 nitrogen and oxygen atoms in total. The molecule has 1 heterocycles. The lowest BCUT2D eigenvalue weighted by atomic mass is 9.87. The van der Waals surface area contributed by atoms with Gasteiger partial charge in [-0.25, -0.2) is 0 Å². The Labute approximate surface area is 181 Å². The molecule has 0 spiro atoms. The van der Waals surface area contributed by atoms with E-state index in [9.17, 15) is 4.79 Å². The Morgan fingerprint density at radius 1 is 1.10 bits per heavy atom. The molecule has 1 amide bonds. The first-order valence-electron chi connectivity index (χ1n) is 10.1. The molecule has 2 aromatic carbocycles. The molecule has 1 N–H and O–H groups in total. The van der Waals surface area contributed by atoms with Crippen LogP contribution in [-0.4, -0.2) is 37.5 Å². The van der Waals surface area contributed by atoms with Crippen molar-refractivity contribution in [2.45, 2.75) is 39.2 Å². The largest absolute Gasteiger partial charge is 0.489 e. The number of halogens is 1. The highest BCUT2D eigenvalue weighted by Gasteiger charge is 2.26. The molecule has 29 heavy (non-hydrogen) atoms. The van der Waals surface area contributed by atoms with Gasteiger partial charge < -0.3 is 15.0 Å². The van der Waals surface area contributed by atoms with Crippen molar-refractivity contribution in [3.63, 3.8) is 0 Å². The fourth-order valence-corrected chi connectivity index (χ4v) is 3.62. The fraction of sp³-hybridized carbons (Fsp3) is 0.458. The van der Waals surface area contributed by atoms with Crippen molar-refractivity contribution in [3.05, 3.63) is 65.2 Å². The summed E-state index contributed by atoms with van der Waals surface area (Å²) >= 11 is 0. The third-order valence-corrected chi connectivity index (χ3v) is 5.39. The Morgan fingerprint density at radius 2 is 1.76 bits per heavy atom. The van der Waals surface area contributed by atoms with E-state index in [0.29, 0.717) is 12.5 Å². The first kappa shape index (κ1) is 23.2. The van der Waals surface area contributed by atoms with Gasteiger partial charge in [0, 0.05) is 18.7 Å². The van der Waals surface area contributed by atoms with Crippen LogP contribution in [0, 0.1) is 5.92 Å². The molecule has 5 heteroatoms. The third kappa shape index (κ3) is 6.22. The molecule has 2 aromatic rings. The second-order valence-electron chi connectivity index (χ2n) is 8.72. The highest BCUT2D eigenvalue weighted by atomic mass is 35.5. The van der Waals surface area contributed by atoms with Gasteiger partial charge in [0.2, 0.25) is 0 Å². The number of ether oxygens (including phenoxy) is 1. The van der Waals surface area contributed by atoms with E-state index >= 15 is 0 Å². The number of carbonyl (C=O) groups is 1. The van der Waals surface area contributed by atoms with Crippen LogP contribution in [0.5, 0.6) is 5.75 Å². The number of rotatable bonds is 6. The van der Waals surface area contributed by atoms with Crippen molar-refractivity contribution in [2.24, 2.45) is 5.92 Å². The minimum atomic E-state index is 0. The first-order valence-corrected chi connectivity index (χ1v) is 10.1. The molecule has 158 valence electrons. The van der Waals surface area contributed by atoms with Crippen molar-refractivity contribution < 1.29 is 9.53 Å². The molecule has 1 atom stereocenters. The average Bonchev–Trinajstić information content (AvgIpc) is 3.15. The van der Waals surface area contributed by atoms with Gasteiger partial charge >= 0.3 is 0 Å². The van der Waals surface area contributed by atoms with Crippen molar-refractivity contribution >= 4 is 18.3 Å². The highest BCUT2D eigenvalue weighted by molar-refractivity contribution is 5.94. The van der Waals surface area contributed by atoms with Crippen LogP contribution in [0.25, 0.3) is 0 Å². The Morgan fingerprint density at radius 3 is 2.34 bits per heavy atom. The Bertz CT molecular complexity index is 782. The summed E-state index contributed by atoms with van der Waals surface area (Å²) in [4.78, 5) is 14.6. The molecule has 0 radical (unpaired) electrons. The predicted octanol–water partition coefficient (Wildman–Crippen LogP) is 4.67. The van der Waals surface area contributed by atoms with Crippen LogP contribution in [0.2, 0.25) is 0 Å². The number of nitrogens with zero attached hydrogens (tertiary/aromatic N) is 1. The summed E-state index contributed by atoms with van der Waals surface area (Å²) in [5.74, 6) is 1.55. The van der Waals surface area contributed by atoms with E-state index in [2.05, 4.69) is 38.2 Å². The van der Waals surface area contributed by atoms with Crippen LogP contribution in [0.15, 0.2) is 48.5 Å². The molecule has 0 saturated carbocycles. The lowest BCUT2D eigenvalue weighted by Crippen LogP contribution is -2.30. The van der Waals surface area contributed by atoms with Gasteiger partial charge in [-0.2, -0.15) is 0 Å². The second-order valence-corrected chi connectivity index (χ2v) is 8.72. The molecule has 0 aromatic heterocycles. The summed E-state index contributed by atoms with van der Waals surface area (Å²) in [5, 5.41) is 3.20. The van der Waals surface area contributed by atoms with E-state index < -0.39 is 0 Å². The SMILES string of the molecule is CNCC1CCN(C(=O)c2ccc(COc3ccc(C(C)(C)C)cc3)cc2)C1.Cl. The first-order chi connectivity index (χ1) is 13.4. The molecular formula is C24H33ClN2O2. The number of amides is 1. The lowest BCUT2D eigenvalue weighted by molar-refractivity contribution is 0.0787. The van der Waals surface area contributed by atoms with Crippen molar-refractivity contribution in [2.75, 3.05) is 26.7 Å². The summed E-state index contributed by atoms with van der Waals surface area (Å²) in [6, 6.07) is 16.1. The minimum absolute atomic E-state index is 0. The normalized spacial score (nSPS) is 16.4. The quantitative estimate of drug-likeness (QED) is 0.744. The molecule has 1 saturated heterocycles. The summed E-state index contributed by atoms with van der Waals surface area (Å²) in [5.41, 5.74) is 3.25. The number of nitrogens with one attached hydrogen (secondary N) is 1. The van der Waals surface area contributed by atoms with Gasteiger partial charge in [-0.15, -0.1) is 12.4 Å². The summed E-state index contributed by atoms with van der Waals surface area (Å²) in [7, 11) is 1.96. The third-order valence-electron chi connectivity index (χ3n) is 5.39. The molecule has 1 unspecified atom stereocenters. The Balaban J connectivity index is 0.00000300. The second kappa shape index (κ2) is 10.1. The number of carbonyl (C=O) groups excluding carboxylic acids is 1. The maximum absolute atomic E-state index is 12.7. The highest BCUT2D eigenvalue weighted by Crippen LogP contribution is 2.25. The van der Waals surface area contributed by atoms with Gasteiger partial charge in [-0.1, -0.05) is 45.0 Å².